The fourth-order valence-corrected chi connectivity index (χ4v) is 0.968. The Bertz CT molecular complexity index is 187. The molecule has 0 aliphatic heterocycles. The van der Waals surface area contributed by atoms with Crippen molar-refractivity contribution in [2.24, 2.45) is 11.8 Å². The van der Waals surface area contributed by atoms with E-state index in [4.69, 9.17) is 0 Å². The third-order valence-electron chi connectivity index (χ3n) is 1.65. The summed E-state index contributed by atoms with van der Waals surface area (Å²) < 4.78 is 72.4. The highest BCUT2D eigenvalue weighted by molar-refractivity contribution is 4.99. The van der Waals surface area contributed by atoms with Crippen LogP contribution in [-0.4, -0.2) is 12.4 Å². The van der Waals surface area contributed by atoms with Gasteiger partial charge >= 0.3 is 12.4 Å². The number of allylic oxidation sites excluding steroid dienone is 2. The first-order valence-electron chi connectivity index (χ1n) is 3.53. The molecule has 0 radical (unpaired) electrons. The van der Waals surface area contributed by atoms with Crippen molar-refractivity contribution in [1.82, 2.24) is 0 Å². The second-order valence-electron chi connectivity index (χ2n) is 2.61. The van der Waals surface area contributed by atoms with Gasteiger partial charge in [-0.3, -0.25) is 0 Å². The Morgan fingerprint density at radius 2 is 0.929 bits per heavy atom. The molecule has 0 heterocycles. The number of halogens is 6. The Morgan fingerprint density at radius 1 is 0.714 bits per heavy atom. The molecule has 0 fully saturated rings. The molecule has 0 aliphatic carbocycles. The van der Waals surface area contributed by atoms with Gasteiger partial charge in [-0.2, -0.15) is 26.3 Å². The minimum atomic E-state index is -4.96. The van der Waals surface area contributed by atoms with Crippen molar-refractivity contribution >= 4 is 0 Å². The normalized spacial score (nSPS) is 17.3. The lowest BCUT2D eigenvalue weighted by atomic mass is 9.91. The van der Waals surface area contributed by atoms with Gasteiger partial charge in [0.25, 0.3) is 0 Å². The van der Waals surface area contributed by atoms with Crippen LogP contribution in [0.3, 0.4) is 0 Å². The monoisotopic (exact) mass is 218 g/mol. The zero-order valence-corrected chi connectivity index (χ0v) is 6.99. The van der Waals surface area contributed by atoms with Crippen LogP contribution in [0.15, 0.2) is 25.3 Å². The van der Waals surface area contributed by atoms with Gasteiger partial charge in [-0.25, -0.2) is 0 Å². The van der Waals surface area contributed by atoms with Crippen LogP contribution >= 0.6 is 0 Å². The Hall–Kier alpha value is -0.940. The van der Waals surface area contributed by atoms with Gasteiger partial charge in [0.1, 0.15) is 0 Å². The summed E-state index contributed by atoms with van der Waals surface area (Å²) in [5.74, 6) is -5.28. The molecule has 0 N–H and O–H groups in total. The van der Waals surface area contributed by atoms with Crippen molar-refractivity contribution in [2.75, 3.05) is 0 Å². The summed E-state index contributed by atoms with van der Waals surface area (Å²) in [6.45, 7) is 5.48. The lowest BCUT2D eigenvalue weighted by molar-refractivity contribution is -0.230. The Kier molecular flexibility index (Phi) is 3.79. The van der Waals surface area contributed by atoms with Crippen molar-refractivity contribution in [3.63, 3.8) is 0 Å². The summed E-state index contributed by atoms with van der Waals surface area (Å²) >= 11 is 0. The van der Waals surface area contributed by atoms with Crippen LogP contribution in [0.2, 0.25) is 0 Å². The van der Waals surface area contributed by atoms with E-state index in [-0.39, 0.29) is 12.2 Å². The van der Waals surface area contributed by atoms with Crippen LogP contribution in [0.1, 0.15) is 0 Å². The molecule has 2 atom stereocenters. The summed E-state index contributed by atoms with van der Waals surface area (Å²) in [6.07, 6.45) is -9.45. The van der Waals surface area contributed by atoms with Gasteiger partial charge in [0, 0.05) is 0 Å². The predicted octanol–water partition coefficient (Wildman–Crippen LogP) is 3.72. The molecule has 0 rings (SSSR count). The molecule has 82 valence electrons. The van der Waals surface area contributed by atoms with Gasteiger partial charge in [0.05, 0.1) is 11.8 Å². The van der Waals surface area contributed by atoms with Crippen molar-refractivity contribution in [2.45, 2.75) is 12.4 Å². The average Bonchev–Trinajstić information content (AvgIpc) is 1.94. The first-order valence-corrected chi connectivity index (χ1v) is 3.53. The van der Waals surface area contributed by atoms with Gasteiger partial charge in [0.15, 0.2) is 0 Å². The van der Waals surface area contributed by atoms with Gasteiger partial charge < -0.3 is 0 Å². The first kappa shape index (κ1) is 13.1. The molecular weight excluding hydrogens is 210 g/mol. The van der Waals surface area contributed by atoms with Crippen molar-refractivity contribution < 1.29 is 26.3 Å². The Morgan fingerprint density at radius 3 is 1.00 bits per heavy atom. The number of alkyl halides is 6. The first-order chi connectivity index (χ1) is 6.14. The van der Waals surface area contributed by atoms with Gasteiger partial charge in [0.2, 0.25) is 0 Å². The lowest BCUT2D eigenvalue weighted by Crippen LogP contribution is -2.36. The highest BCUT2D eigenvalue weighted by atomic mass is 19.4. The van der Waals surface area contributed by atoms with E-state index < -0.39 is 24.2 Å². The molecule has 2 unspecified atom stereocenters. The second-order valence-corrected chi connectivity index (χ2v) is 2.61. The zero-order valence-electron chi connectivity index (χ0n) is 6.99. The second kappa shape index (κ2) is 4.06. The largest absolute Gasteiger partial charge is 0.396 e. The highest BCUT2D eigenvalue weighted by Gasteiger charge is 2.52. The quantitative estimate of drug-likeness (QED) is 0.500. The molecular formula is C8H8F6. The van der Waals surface area contributed by atoms with E-state index in [0.717, 1.165) is 0 Å². The molecule has 0 saturated heterocycles. The maximum Gasteiger partial charge on any atom is 0.396 e. The summed E-state index contributed by atoms with van der Waals surface area (Å²) in [7, 11) is 0. The van der Waals surface area contributed by atoms with Crippen molar-refractivity contribution in [3.05, 3.63) is 25.3 Å². The van der Waals surface area contributed by atoms with Crippen LogP contribution in [0.4, 0.5) is 26.3 Å². The SMILES string of the molecule is C=CC(C(C=C)C(F)(F)F)C(F)(F)F. The van der Waals surface area contributed by atoms with Gasteiger partial charge in [-0.05, 0) is 0 Å². The predicted molar refractivity (Wildman–Crippen MR) is 39.5 cm³/mol. The van der Waals surface area contributed by atoms with Crippen LogP contribution in [0.25, 0.3) is 0 Å². The summed E-state index contributed by atoms with van der Waals surface area (Å²) in [5, 5.41) is 0. The molecule has 0 nitrogen and oxygen atoms in total. The van der Waals surface area contributed by atoms with Gasteiger partial charge in [-0.15, -0.1) is 13.2 Å². The lowest BCUT2D eigenvalue weighted by Gasteiger charge is -2.25. The standard InChI is InChI=1S/C8H8F6/c1-3-5(7(9,10)11)6(4-2)8(12,13)14/h3-6H,1-2H2. The van der Waals surface area contributed by atoms with E-state index in [0.29, 0.717) is 0 Å². The van der Waals surface area contributed by atoms with E-state index in [9.17, 15) is 26.3 Å². The third kappa shape index (κ3) is 3.08. The molecule has 0 amide bonds. The fraction of sp³-hybridized carbons (Fsp3) is 0.500. The zero-order chi connectivity index (χ0) is 11.6. The average molecular weight is 218 g/mol. The molecule has 0 aliphatic rings. The molecule has 0 aromatic carbocycles. The topological polar surface area (TPSA) is 0 Å². The Balaban J connectivity index is 5.00. The Labute approximate surface area is 76.9 Å². The molecule has 6 heteroatoms. The number of hydrogen-bond acceptors (Lipinski definition) is 0. The van der Waals surface area contributed by atoms with E-state index in [2.05, 4.69) is 13.2 Å². The summed E-state index contributed by atoms with van der Waals surface area (Å²) in [4.78, 5) is 0. The van der Waals surface area contributed by atoms with Crippen LogP contribution in [-0.2, 0) is 0 Å². The minimum absolute atomic E-state index is 0.236. The third-order valence-corrected chi connectivity index (χ3v) is 1.65. The molecule has 14 heavy (non-hydrogen) atoms. The fourth-order valence-electron chi connectivity index (χ4n) is 0.968. The molecule has 0 spiro atoms. The smallest absolute Gasteiger partial charge is 0.170 e. The van der Waals surface area contributed by atoms with Crippen LogP contribution in [0, 0.1) is 11.8 Å². The summed E-state index contributed by atoms with van der Waals surface area (Å²) in [5.41, 5.74) is 0. The highest BCUT2D eigenvalue weighted by Crippen LogP contribution is 2.41. The minimum Gasteiger partial charge on any atom is -0.170 e. The van der Waals surface area contributed by atoms with E-state index in [1.807, 2.05) is 0 Å². The number of rotatable bonds is 3. The van der Waals surface area contributed by atoms with Crippen LogP contribution < -0.4 is 0 Å². The molecule has 0 aromatic rings. The maximum absolute atomic E-state index is 12.1. The number of hydrogen-bond donors (Lipinski definition) is 0. The maximum atomic E-state index is 12.1. The van der Waals surface area contributed by atoms with E-state index in [1.165, 1.54) is 0 Å². The van der Waals surface area contributed by atoms with E-state index in [1.54, 1.807) is 0 Å². The van der Waals surface area contributed by atoms with Crippen molar-refractivity contribution in [3.8, 4) is 0 Å². The summed E-state index contributed by atoms with van der Waals surface area (Å²) in [6, 6.07) is 0. The van der Waals surface area contributed by atoms with Gasteiger partial charge in [-0.1, -0.05) is 12.2 Å². The molecule has 0 saturated carbocycles. The van der Waals surface area contributed by atoms with E-state index >= 15 is 0 Å². The van der Waals surface area contributed by atoms with Crippen molar-refractivity contribution in [1.29, 1.82) is 0 Å². The molecule has 0 bridgehead atoms. The molecule has 0 aromatic heterocycles. The van der Waals surface area contributed by atoms with Crippen LogP contribution in [0.5, 0.6) is 0 Å².